The van der Waals surface area contributed by atoms with Crippen LogP contribution in [0.15, 0.2) is 84.0 Å². The molecule has 0 fully saturated rings. The summed E-state index contributed by atoms with van der Waals surface area (Å²) < 4.78 is 17.4. The summed E-state index contributed by atoms with van der Waals surface area (Å²) in [6.07, 6.45) is 3.33. The number of hydrogen-bond acceptors (Lipinski definition) is 5. The average Bonchev–Trinajstić information content (AvgIpc) is 3.27. The normalized spacial score (nSPS) is 11.0. The number of para-hydroxylation sites is 3. The molecule has 1 N–H and O–H groups in total. The highest BCUT2D eigenvalue weighted by Crippen LogP contribution is 2.19. The van der Waals surface area contributed by atoms with Gasteiger partial charge in [-0.05, 0) is 37.3 Å². The van der Waals surface area contributed by atoms with Gasteiger partial charge in [0.15, 0.2) is 5.69 Å². The minimum Gasteiger partial charge on any atom is -0.346 e. The van der Waals surface area contributed by atoms with Gasteiger partial charge in [-0.2, -0.15) is 5.10 Å². The molecule has 9 heteroatoms. The first kappa shape index (κ1) is 21.2. The number of aryl methyl sites for hydroxylation is 1. The summed E-state index contributed by atoms with van der Waals surface area (Å²) in [7, 11) is 0. The Kier molecular flexibility index (Phi) is 5.43. The molecule has 0 aliphatic rings. The molecule has 0 spiro atoms. The van der Waals surface area contributed by atoms with Crippen LogP contribution in [-0.2, 0) is 6.54 Å². The zero-order valence-electron chi connectivity index (χ0n) is 18.1. The van der Waals surface area contributed by atoms with Crippen molar-refractivity contribution < 1.29 is 9.18 Å². The fourth-order valence-corrected chi connectivity index (χ4v) is 3.74. The lowest BCUT2D eigenvalue weighted by Gasteiger charge is -2.13. The van der Waals surface area contributed by atoms with Gasteiger partial charge in [0, 0.05) is 30.1 Å². The Balaban J connectivity index is 1.45. The van der Waals surface area contributed by atoms with Gasteiger partial charge in [-0.15, -0.1) is 0 Å². The molecular formula is C25H19FN6O2. The van der Waals surface area contributed by atoms with Gasteiger partial charge in [-0.25, -0.2) is 19.0 Å². The van der Waals surface area contributed by atoms with Crippen molar-refractivity contribution in [2.45, 2.75) is 13.5 Å². The van der Waals surface area contributed by atoms with E-state index in [0.717, 1.165) is 16.6 Å². The van der Waals surface area contributed by atoms with E-state index in [9.17, 15) is 14.0 Å². The summed E-state index contributed by atoms with van der Waals surface area (Å²) in [5.41, 5.74) is 2.11. The number of imidazole rings is 1. The van der Waals surface area contributed by atoms with E-state index in [2.05, 4.69) is 20.4 Å². The van der Waals surface area contributed by atoms with Crippen molar-refractivity contribution in [3.05, 3.63) is 112 Å². The second-order valence-electron chi connectivity index (χ2n) is 7.63. The molecule has 0 saturated heterocycles. The molecule has 5 rings (SSSR count). The molecule has 0 atom stereocenters. The Morgan fingerprint density at radius 1 is 1.03 bits per heavy atom. The van der Waals surface area contributed by atoms with Crippen molar-refractivity contribution in [3.8, 4) is 11.5 Å². The zero-order chi connectivity index (χ0) is 23.7. The Bertz CT molecular complexity index is 1590. The molecule has 168 valence electrons. The number of nitrogens with one attached hydrogen (secondary N) is 1. The van der Waals surface area contributed by atoms with E-state index in [4.69, 9.17) is 0 Å². The molecule has 3 heterocycles. The SMILES string of the molecule is Cc1cc(=O)c(C(=O)NCc2cccnc2-n2cnc3ccccc32)nn1-c1ccccc1F. The number of halogens is 1. The number of amides is 1. The van der Waals surface area contributed by atoms with Crippen molar-refractivity contribution in [2.24, 2.45) is 0 Å². The third-order valence-electron chi connectivity index (χ3n) is 5.39. The predicted molar refractivity (Wildman–Crippen MR) is 125 cm³/mol. The highest BCUT2D eigenvalue weighted by atomic mass is 19.1. The minimum absolute atomic E-state index is 0.100. The largest absolute Gasteiger partial charge is 0.346 e. The molecule has 0 aliphatic heterocycles. The van der Waals surface area contributed by atoms with E-state index >= 15 is 0 Å². The van der Waals surface area contributed by atoms with E-state index < -0.39 is 17.2 Å². The first-order chi connectivity index (χ1) is 16.5. The lowest BCUT2D eigenvalue weighted by molar-refractivity contribution is 0.0943. The molecule has 34 heavy (non-hydrogen) atoms. The van der Waals surface area contributed by atoms with Crippen LogP contribution >= 0.6 is 0 Å². The van der Waals surface area contributed by atoms with Gasteiger partial charge in [0.05, 0.1) is 11.0 Å². The number of nitrogens with zero attached hydrogens (tertiary/aromatic N) is 5. The van der Waals surface area contributed by atoms with E-state index in [1.165, 1.54) is 22.9 Å². The van der Waals surface area contributed by atoms with E-state index in [1.807, 2.05) is 34.9 Å². The summed E-state index contributed by atoms with van der Waals surface area (Å²) in [6.45, 7) is 1.73. The number of benzene rings is 2. The molecular weight excluding hydrogens is 435 g/mol. The number of carbonyl (C=O) groups excluding carboxylic acids is 1. The minimum atomic E-state index is -0.666. The maximum atomic E-state index is 14.3. The summed E-state index contributed by atoms with van der Waals surface area (Å²) >= 11 is 0. The van der Waals surface area contributed by atoms with Crippen LogP contribution in [0.25, 0.3) is 22.5 Å². The van der Waals surface area contributed by atoms with Crippen molar-refractivity contribution in [1.82, 2.24) is 29.6 Å². The first-order valence-electron chi connectivity index (χ1n) is 10.5. The monoisotopic (exact) mass is 454 g/mol. The van der Waals surface area contributed by atoms with Crippen LogP contribution in [0.5, 0.6) is 0 Å². The number of aromatic nitrogens is 5. The van der Waals surface area contributed by atoms with Gasteiger partial charge in [-0.3, -0.25) is 14.2 Å². The Morgan fingerprint density at radius 2 is 1.82 bits per heavy atom. The quantitative estimate of drug-likeness (QED) is 0.440. The average molecular weight is 454 g/mol. The van der Waals surface area contributed by atoms with Crippen molar-refractivity contribution in [2.75, 3.05) is 0 Å². The van der Waals surface area contributed by atoms with Crippen LogP contribution in [0, 0.1) is 12.7 Å². The molecule has 0 bridgehead atoms. The molecule has 0 unspecified atom stereocenters. The van der Waals surface area contributed by atoms with Crippen molar-refractivity contribution >= 4 is 16.9 Å². The second kappa shape index (κ2) is 8.70. The first-order valence-corrected chi connectivity index (χ1v) is 10.5. The van der Waals surface area contributed by atoms with E-state index in [1.54, 1.807) is 37.6 Å². The number of hydrogen-bond donors (Lipinski definition) is 1. The maximum absolute atomic E-state index is 14.3. The van der Waals surface area contributed by atoms with Crippen LogP contribution in [0.3, 0.4) is 0 Å². The van der Waals surface area contributed by atoms with Gasteiger partial charge in [0.25, 0.3) is 5.91 Å². The highest BCUT2D eigenvalue weighted by Gasteiger charge is 2.18. The van der Waals surface area contributed by atoms with Gasteiger partial charge < -0.3 is 5.32 Å². The zero-order valence-corrected chi connectivity index (χ0v) is 18.1. The Morgan fingerprint density at radius 3 is 2.68 bits per heavy atom. The standard InChI is InChI=1S/C25H19FN6O2/c1-16-13-22(33)23(30-32(16)20-10-4-2-8-18(20)26)25(34)28-14-17-7-6-12-27-24(17)31-15-29-19-9-3-5-11-21(19)31/h2-13,15H,14H2,1H3,(H,28,34). The smallest absolute Gasteiger partial charge is 0.276 e. The molecule has 5 aromatic rings. The summed E-state index contributed by atoms with van der Waals surface area (Å²) in [4.78, 5) is 34.3. The fraction of sp³-hybridized carbons (Fsp3) is 0.0800. The van der Waals surface area contributed by atoms with Crippen LogP contribution in [0.1, 0.15) is 21.7 Å². The molecule has 0 radical (unpaired) electrons. The molecule has 0 saturated carbocycles. The lowest BCUT2D eigenvalue weighted by Crippen LogP contribution is -2.32. The fourth-order valence-electron chi connectivity index (χ4n) is 3.74. The molecule has 3 aromatic heterocycles. The highest BCUT2D eigenvalue weighted by molar-refractivity contribution is 5.92. The van der Waals surface area contributed by atoms with Gasteiger partial charge in [0.1, 0.15) is 23.6 Å². The Labute approximate surface area is 193 Å². The molecule has 8 nitrogen and oxygen atoms in total. The predicted octanol–water partition coefficient (Wildman–Crippen LogP) is 3.34. The van der Waals surface area contributed by atoms with Crippen LogP contribution < -0.4 is 10.7 Å². The van der Waals surface area contributed by atoms with Gasteiger partial charge in [0.2, 0.25) is 5.43 Å². The van der Waals surface area contributed by atoms with E-state index in [0.29, 0.717) is 11.5 Å². The Hall–Kier alpha value is -4.66. The number of rotatable bonds is 5. The number of carbonyl (C=O) groups is 1. The van der Waals surface area contributed by atoms with Gasteiger partial charge in [-0.1, -0.05) is 30.3 Å². The molecule has 0 aliphatic carbocycles. The van der Waals surface area contributed by atoms with Crippen LogP contribution in [0.4, 0.5) is 4.39 Å². The lowest BCUT2D eigenvalue weighted by atomic mass is 10.2. The van der Waals surface area contributed by atoms with Gasteiger partial charge >= 0.3 is 0 Å². The summed E-state index contributed by atoms with van der Waals surface area (Å²) in [5, 5.41) is 6.89. The van der Waals surface area contributed by atoms with Crippen LogP contribution in [-0.4, -0.2) is 30.2 Å². The maximum Gasteiger partial charge on any atom is 0.276 e. The molecule has 1 amide bonds. The molecule has 2 aromatic carbocycles. The third kappa shape index (κ3) is 3.83. The van der Waals surface area contributed by atoms with Crippen molar-refractivity contribution in [1.29, 1.82) is 0 Å². The second-order valence-corrected chi connectivity index (χ2v) is 7.63. The summed E-state index contributed by atoms with van der Waals surface area (Å²) in [6, 6.07) is 18.5. The van der Waals surface area contributed by atoms with Crippen molar-refractivity contribution in [3.63, 3.8) is 0 Å². The number of fused-ring (bicyclic) bond motifs is 1. The van der Waals surface area contributed by atoms with Crippen LogP contribution in [0.2, 0.25) is 0 Å². The van der Waals surface area contributed by atoms with E-state index in [-0.39, 0.29) is 17.9 Å². The topological polar surface area (TPSA) is 94.7 Å². The third-order valence-corrected chi connectivity index (χ3v) is 5.39. The summed E-state index contributed by atoms with van der Waals surface area (Å²) in [5.74, 6) is -0.571. The number of pyridine rings is 1.